The first-order valence-electron chi connectivity index (χ1n) is 16.2. The molecule has 6 rings (SSSR count). The fraction of sp³-hybridized carbons (Fsp3) is 0.353. The lowest BCUT2D eigenvalue weighted by molar-refractivity contribution is 0.341. The molecule has 6 aromatic rings. The molecule has 2 N–H and O–H groups in total. The Labute approximate surface area is 282 Å². The number of fused-ring (bicyclic) bond motifs is 2. The molecule has 0 bridgehead atoms. The molecule has 15 heteroatoms. The summed E-state index contributed by atoms with van der Waals surface area (Å²) in [5.74, 6) is 1.02. The molecule has 4 heterocycles. The fourth-order valence-electron chi connectivity index (χ4n) is 5.98. The van der Waals surface area contributed by atoms with Crippen molar-refractivity contribution in [1.82, 2.24) is 39.5 Å². The van der Waals surface area contributed by atoms with Crippen molar-refractivity contribution < 1.29 is 17.9 Å². The van der Waals surface area contributed by atoms with Gasteiger partial charge in [-0.2, -0.15) is 10.2 Å². The van der Waals surface area contributed by atoms with Crippen molar-refractivity contribution in [1.29, 1.82) is 0 Å². The highest BCUT2D eigenvalue weighted by Gasteiger charge is 2.25. The van der Waals surface area contributed by atoms with Crippen molar-refractivity contribution in [2.75, 3.05) is 13.2 Å². The van der Waals surface area contributed by atoms with Gasteiger partial charge in [-0.25, -0.2) is 18.4 Å². The normalized spacial score (nSPS) is 11.9. The first kappa shape index (κ1) is 33.6. The number of aromatic nitrogens is 8. The van der Waals surface area contributed by atoms with E-state index < -0.39 is 21.0 Å². The first-order valence-corrected chi connectivity index (χ1v) is 17.7. The second-order valence-electron chi connectivity index (χ2n) is 11.5. The van der Waals surface area contributed by atoms with E-state index in [1.807, 2.05) is 27.7 Å². The molecule has 4 aromatic heterocycles. The number of nitrogens with zero attached hydrogens (tertiary/aromatic N) is 6. The van der Waals surface area contributed by atoms with Gasteiger partial charge in [0.05, 0.1) is 45.5 Å². The van der Waals surface area contributed by atoms with Gasteiger partial charge < -0.3 is 19.4 Å². The maximum absolute atomic E-state index is 14.3. The first-order chi connectivity index (χ1) is 23.5. The summed E-state index contributed by atoms with van der Waals surface area (Å²) >= 11 is 0. The van der Waals surface area contributed by atoms with E-state index in [-0.39, 0.29) is 21.4 Å². The molecular formula is C34H38N8O6S. The second-order valence-corrected chi connectivity index (χ2v) is 13.5. The maximum Gasteiger partial charge on any atom is 0.277 e. The number of ether oxygens (including phenoxy) is 2. The van der Waals surface area contributed by atoms with Crippen molar-refractivity contribution >= 4 is 31.9 Å². The van der Waals surface area contributed by atoms with Crippen LogP contribution in [0.2, 0.25) is 0 Å². The van der Waals surface area contributed by atoms with Crippen LogP contribution in [0.4, 0.5) is 0 Å². The molecule has 0 atom stereocenters. The predicted octanol–water partition coefficient (Wildman–Crippen LogP) is 4.50. The number of H-pyrrole nitrogens is 2. The summed E-state index contributed by atoms with van der Waals surface area (Å²) < 4.78 is 43.3. The molecule has 0 unspecified atom stereocenters. The Morgan fingerprint density at radius 2 is 1.08 bits per heavy atom. The number of hydrogen-bond acceptors (Lipinski definition) is 10. The third-order valence-electron chi connectivity index (χ3n) is 8.13. The van der Waals surface area contributed by atoms with Crippen LogP contribution in [0.5, 0.6) is 11.5 Å². The van der Waals surface area contributed by atoms with E-state index in [0.717, 1.165) is 12.8 Å². The van der Waals surface area contributed by atoms with Crippen molar-refractivity contribution in [3.8, 4) is 34.3 Å². The van der Waals surface area contributed by atoms with Crippen molar-refractivity contribution in [2.45, 2.75) is 63.2 Å². The predicted molar refractivity (Wildman–Crippen MR) is 185 cm³/mol. The maximum atomic E-state index is 14.3. The standard InChI is InChI=1S/C34H38N8O6S/c1-7-11-23-27-29(41(5)39-23)33(43)37-31(35-27)21-17-19(13-15-25(21)47-9-3)49(45,46)20-14-16-26(48-10-4)22(18-20)32-36-28-24(12-8-2)40-42(6)30(28)34(44)38-32/h13-18H,7-12H2,1-6H3,(H,35,37,43)(H,36,38,44). The molecule has 0 radical (unpaired) electrons. The van der Waals surface area contributed by atoms with E-state index in [1.54, 1.807) is 26.2 Å². The third kappa shape index (κ3) is 5.98. The average molecular weight is 687 g/mol. The fourth-order valence-corrected chi connectivity index (χ4v) is 7.29. The highest BCUT2D eigenvalue weighted by molar-refractivity contribution is 7.91. The zero-order valence-corrected chi connectivity index (χ0v) is 29.1. The van der Waals surface area contributed by atoms with Gasteiger partial charge in [0.15, 0.2) is 11.0 Å². The van der Waals surface area contributed by atoms with Crippen LogP contribution in [0.25, 0.3) is 44.8 Å². The van der Waals surface area contributed by atoms with E-state index in [1.165, 1.54) is 33.6 Å². The molecule has 0 aliphatic heterocycles. The average Bonchev–Trinajstić information content (AvgIpc) is 3.57. The lowest BCUT2D eigenvalue weighted by atomic mass is 10.1. The molecule has 0 aliphatic rings. The Bertz CT molecular complexity index is 2280. The highest BCUT2D eigenvalue weighted by atomic mass is 32.2. The van der Waals surface area contributed by atoms with Crippen molar-refractivity contribution in [2.24, 2.45) is 14.1 Å². The number of sulfone groups is 1. The second kappa shape index (κ2) is 13.3. The van der Waals surface area contributed by atoms with Gasteiger partial charge in [-0.05, 0) is 63.1 Å². The summed E-state index contributed by atoms with van der Waals surface area (Å²) in [5.41, 5.74) is 2.70. The van der Waals surface area contributed by atoms with Gasteiger partial charge in [0.2, 0.25) is 9.84 Å². The van der Waals surface area contributed by atoms with Gasteiger partial charge in [0.25, 0.3) is 11.1 Å². The minimum absolute atomic E-state index is 0.0572. The molecular weight excluding hydrogens is 648 g/mol. The summed E-state index contributed by atoms with van der Waals surface area (Å²) in [6.07, 6.45) is 2.84. The SMILES string of the molecule is CCCc1nn(C)c2c(=O)[nH]c(-c3cc(S(=O)(=O)c4ccc(OCC)c(-c5nc6c(CCC)nn(C)c6c(=O)[nH]5)c4)ccc3OCC)nc12. The molecule has 49 heavy (non-hydrogen) atoms. The van der Waals surface area contributed by atoms with E-state index in [9.17, 15) is 18.0 Å². The van der Waals surface area contributed by atoms with Gasteiger partial charge in [0.1, 0.15) is 34.2 Å². The zero-order chi connectivity index (χ0) is 35.0. The zero-order valence-electron chi connectivity index (χ0n) is 28.2. The quantitative estimate of drug-likeness (QED) is 0.186. The van der Waals surface area contributed by atoms with Gasteiger partial charge >= 0.3 is 0 Å². The summed E-state index contributed by atoms with van der Waals surface area (Å²) in [4.78, 5) is 41.5. The van der Waals surface area contributed by atoms with Crippen LogP contribution in [-0.2, 0) is 36.8 Å². The number of hydrogen-bond donors (Lipinski definition) is 2. The summed E-state index contributed by atoms with van der Waals surface area (Å²) in [6, 6.07) is 8.87. The summed E-state index contributed by atoms with van der Waals surface area (Å²) in [7, 11) is -0.804. The lowest BCUT2D eigenvalue weighted by Crippen LogP contribution is -2.13. The van der Waals surface area contributed by atoms with Crippen molar-refractivity contribution in [3.63, 3.8) is 0 Å². The largest absolute Gasteiger partial charge is 0.493 e. The van der Waals surface area contributed by atoms with Crippen LogP contribution in [-0.4, -0.2) is 61.1 Å². The molecule has 256 valence electrons. The van der Waals surface area contributed by atoms with Crippen LogP contribution in [0, 0.1) is 0 Å². The van der Waals surface area contributed by atoms with Crippen LogP contribution >= 0.6 is 0 Å². The number of aromatic amines is 2. The van der Waals surface area contributed by atoms with Crippen LogP contribution in [0.1, 0.15) is 51.9 Å². The van der Waals surface area contributed by atoms with Gasteiger partial charge in [-0.3, -0.25) is 19.0 Å². The van der Waals surface area contributed by atoms with Crippen LogP contribution in [0.3, 0.4) is 0 Å². The number of benzene rings is 2. The van der Waals surface area contributed by atoms with E-state index in [2.05, 4.69) is 20.2 Å². The number of nitrogens with one attached hydrogen (secondary N) is 2. The molecule has 0 saturated carbocycles. The topological polar surface area (TPSA) is 180 Å². The molecule has 2 aromatic carbocycles. The monoisotopic (exact) mass is 686 g/mol. The smallest absolute Gasteiger partial charge is 0.277 e. The Kier molecular flexibility index (Phi) is 9.12. The molecule has 0 fully saturated rings. The van der Waals surface area contributed by atoms with Crippen molar-refractivity contribution in [3.05, 3.63) is 68.5 Å². The van der Waals surface area contributed by atoms with E-state index in [0.29, 0.717) is 82.1 Å². The molecule has 0 aliphatic carbocycles. The molecule has 0 amide bonds. The van der Waals surface area contributed by atoms with E-state index in [4.69, 9.17) is 19.4 Å². The van der Waals surface area contributed by atoms with Crippen LogP contribution < -0.4 is 20.6 Å². The van der Waals surface area contributed by atoms with Gasteiger partial charge in [-0.15, -0.1) is 0 Å². The van der Waals surface area contributed by atoms with Crippen LogP contribution in [0.15, 0.2) is 55.8 Å². The Morgan fingerprint density at radius 1 is 0.673 bits per heavy atom. The molecule has 14 nitrogen and oxygen atoms in total. The van der Waals surface area contributed by atoms with E-state index >= 15 is 0 Å². The summed E-state index contributed by atoms with van der Waals surface area (Å²) in [6.45, 7) is 8.24. The summed E-state index contributed by atoms with van der Waals surface area (Å²) in [5, 5.41) is 8.97. The lowest BCUT2D eigenvalue weighted by Gasteiger charge is -2.14. The molecule has 0 spiro atoms. The number of rotatable bonds is 12. The highest BCUT2D eigenvalue weighted by Crippen LogP contribution is 2.36. The van der Waals surface area contributed by atoms with Gasteiger partial charge in [-0.1, -0.05) is 26.7 Å². The number of aryl methyl sites for hydroxylation is 4. The minimum Gasteiger partial charge on any atom is -0.493 e. The van der Waals surface area contributed by atoms with Gasteiger partial charge in [0, 0.05) is 14.1 Å². The Hall–Kier alpha value is -5.31. The Morgan fingerprint density at radius 3 is 1.45 bits per heavy atom. The minimum atomic E-state index is -4.18. The molecule has 0 saturated heterocycles. The Balaban J connectivity index is 1.51. The third-order valence-corrected chi connectivity index (χ3v) is 9.88.